The third-order valence-electron chi connectivity index (χ3n) is 2.88. The summed E-state index contributed by atoms with van der Waals surface area (Å²) in [5.74, 6) is 6.47. The summed E-state index contributed by atoms with van der Waals surface area (Å²) in [4.78, 5) is 1.22. The number of thiophene rings is 1. The van der Waals surface area contributed by atoms with Crippen LogP contribution in [-0.4, -0.2) is 7.11 Å². The molecule has 0 aliphatic heterocycles. The summed E-state index contributed by atoms with van der Waals surface area (Å²) < 4.78 is 5.37. The third-order valence-corrected chi connectivity index (χ3v) is 3.98. The van der Waals surface area contributed by atoms with E-state index in [1.54, 1.807) is 24.5 Å². The van der Waals surface area contributed by atoms with E-state index in [0.29, 0.717) is 5.02 Å². The van der Waals surface area contributed by atoms with E-state index in [4.69, 9.17) is 22.2 Å². The van der Waals surface area contributed by atoms with Crippen molar-refractivity contribution >= 4 is 22.9 Å². The van der Waals surface area contributed by atoms with Crippen LogP contribution in [-0.2, 0) is 0 Å². The number of hydrogen-bond acceptors (Lipinski definition) is 4. The summed E-state index contributed by atoms with van der Waals surface area (Å²) in [7, 11) is 1.64. The Hall–Kier alpha value is -1.07. The second kappa shape index (κ2) is 5.71. The fraction of sp³-hybridized carbons (Fsp3) is 0.231. The molecule has 0 radical (unpaired) electrons. The second-order valence-electron chi connectivity index (χ2n) is 3.92. The van der Waals surface area contributed by atoms with Gasteiger partial charge in [-0.15, -0.1) is 11.3 Å². The summed E-state index contributed by atoms with van der Waals surface area (Å²) in [6.07, 6.45) is 0. The van der Waals surface area contributed by atoms with Crippen LogP contribution in [0, 0.1) is 6.92 Å². The van der Waals surface area contributed by atoms with E-state index in [1.165, 1.54) is 4.88 Å². The molecule has 0 saturated carbocycles. The number of nitrogens with one attached hydrogen (secondary N) is 1. The van der Waals surface area contributed by atoms with Crippen LogP contribution in [0.15, 0.2) is 29.6 Å². The molecular weight excluding hydrogens is 268 g/mol. The normalized spacial score (nSPS) is 12.4. The van der Waals surface area contributed by atoms with Gasteiger partial charge in [0.25, 0.3) is 0 Å². The maximum absolute atomic E-state index is 6.05. The van der Waals surface area contributed by atoms with E-state index in [9.17, 15) is 0 Å². The molecule has 96 valence electrons. The molecule has 3 nitrogen and oxygen atoms in total. The average molecular weight is 283 g/mol. The fourth-order valence-electron chi connectivity index (χ4n) is 1.97. The Morgan fingerprint density at radius 1 is 1.33 bits per heavy atom. The predicted molar refractivity (Wildman–Crippen MR) is 76.2 cm³/mol. The van der Waals surface area contributed by atoms with Crippen molar-refractivity contribution in [3.63, 3.8) is 0 Å². The van der Waals surface area contributed by atoms with Crippen LogP contribution in [0.5, 0.6) is 5.75 Å². The van der Waals surface area contributed by atoms with Gasteiger partial charge in [-0.1, -0.05) is 11.6 Å². The number of aryl methyl sites for hydroxylation is 1. The van der Waals surface area contributed by atoms with Gasteiger partial charge in [0, 0.05) is 15.5 Å². The monoisotopic (exact) mass is 282 g/mol. The summed E-state index contributed by atoms with van der Waals surface area (Å²) in [6, 6.07) is 7.47. The van der Waals surface area contributed by atoms with Crippen molar-refractivity contribution in [1.29, 1.82) is 0 Å². The van der Waals surface area contributed by atoms with E-state index in [2.05, 4.69) is 18.4 Å². The van der Waals surface area contributed by atoms with Gasteiger partial charge in [0.2, 0.25) is 0 Å². The van der Waals surface area contributed by atoms with Crippen molar-refractivity contribution in [2.75, 3.05) is 7.11 Å². The minimum Gasteiger partial charge on any atom is -0.496 e. The highest BCUT2D eigenvalue weighted by Gasteiger charge is 2.19. The van der Waals surface area contributed by atoms with E-state index < -0.39 is 0 Å². The van der Waals surface area contributed by atoms with Crippen LogP contribution in [0.3, 0.4) is 0 Å². The lowest BCUT2D eigenvalue weighted by Gasteiger charge is -2.19. The van der Waals surface area contributed by atoms with Gasteiger partial charge in [0.1, 0.15) is 5.75 Å². The molecule has 1 aromatic carbocycles. The SMILES string of the molecule is COc1ccc(Cl)cc1C(NN)c1ccsc1C. The van der Waals surface area contributed by atoms with E-state index in [0.717, 1.165) is 16.9 Å². The van der Waals surface area contributed by atoms with Gasteiger partial charge in [-0.2, -0.15) is 0 Å². The highest BCUT2D eigenvalue weighted by Crippen LogP contribution is 2.34. The van der Waals surface area contributed by atoms with Crippen molar-refractivity contribution < 1.29 is 4.74 Å². The molecule has 0 amide bonds. The van der Waals surface area contributed by atoms with Crippen LogP contribution >= 0.6 is 22.9 Å². The van der Waals surface area contributed by atoms with Crippen molar-refractivity contribution in [2.24, 2.45) is 5.84 Å². The first-order valence-electron chi connectivity index (χ1n) is 5.51. The number of benzene rings is 1. The molecule has 0 fully saturated rings. The maximum Gasteiger partial charge on any atom is 0.124 e. The summed E-state index contributed by atoms with van der Waals surface area (Å²) in [5.41, 5.74) is 4.91. The minimum atomic E-state index is -0.120. The molecule has 2 aromatic rings. The highest BCUT2D eigenvalue weighted by molar-refractivity contribution is 7.10. The average Bonchev–Trinajstić information content (AvgIpc) is 2.77. The van der Waals surface area contributed by atoms with Crippen LogP contribution in [0.1, 0.15) is 22.0 Å². The Labute approximate surface area is 116 Å². The standard InChI is InChI=1S/C13H15ClN2OS/c1-8-10(5-6-18-8)13(16-15)11-7-9(14)3-4-12(11)17-2/h3-7,13,16H,15H2,1-2H3. The van der Waals surface area contributed by atoms with E-state index in [1.807, 2.05) is 17.5 Å². The lowest BCUT2D eigenvalue weighted by atomic mass is 9.99. The Kier molecular flexibility index (Phi) is 4.24. The molecule has 0 aliphatic carbocycles. The Morgan fingerprint density at radius 2 is 2.11 bits per heavy atom. The Bertz CT molecular complexity index is 542. The van der Waals surface area contributed by atoms with Crippen molar-refractivity contribution in [3.05, 3.63) is 50.7 Å². The molecule has 1 aromatic heterocycles. The zero-order chi connectivity index (χ0) is 13.1. The molecule has 5 heteroatoms. The maximum atomic E-state index is 6.05. The molecule has 3 N–H and O–H groups in total. The van der Waals surface area contributed by atoms with Gasteiger partial charge in [0.15, 0.2) is 0 Å². The first-order valence-corrected chi connectivity index (χ1v) is 6.76. The van der Waals surface area contributed by atoms with Crippen molar-refractivity contribution in [3.8, 4) is 5.75 Å². The number of nitrogens with two attached hydrogens (primary N) is 1. The molecule has 18 heavy (non-hydrogen) atoms. The first kappa shape index (κ1) is 13.4. The van der Waals surface area contributed by atoms with Crippen LogP contribution in [0.2, 0.25) is 5.02 Å². The number of rotatable bonds is 4. The second-order valence-corrected chi connectivity index (χ2v) is 5.47. The number of hydrogen-bond donors (Lipinski definition) is 2. The molecule has 1 heterocycles. The zero-order valence-corrected chi connectivity index (χ0v) is 11.8. The van der Waals surface area contributed by atoms with E-state index >= 15 is 0 Å². The molecule has 1 atom stereocenters. The minimum absolute atomic E-state index is 0.120. The zero-order valence-electron chi connectivity index (χ0n) is 10.2. The third kappa shape index (κ3) is 2.52. The summed E-state index contributed by atoms with van der Waals surface area (Å²) >= 11 is 7.75. The molecule has 0 aliphatic rings. The largest absolute Gasteiger partial charge is 0.496 e. The van der Waals surface area contributed by atoms with Gasteiger partial charge >= 0.3 is 0 Å². The topological polar surface area (TPSA) is 47.3 Å². The summed E-state index contributed by atoms with van der Waals surface area (Å²) in [6.45, 7) is 2.07. The number of methoxy groups -OCH3 is 1. The smallest absolute Gasteiger partial charge is 0.124 e. The fourth-order valence-corrected chi connectivity index (χ4v) is 2.89. The quantitative estimate of drug-likeness (QED) is 0.668. The lowest BCUT2D eigenvalue weighted by Crippen LogP contribution is -2.29. The van der Waals surface area contributed by atoms with Crippen LogP contribution in [0.4, 0.5) is 0 Å². The predicted octanol–water partition coefficient (Wildman–Crippen LogP) is 3.27. The number of ether oxygens (including phenoxy) is 1. The van der Waals surface area contributed by atoms with Gasteiger partial charge in [-0.3, -0.25) is 5.84 Å². The van der Waals surface area contributed by atoms with Gasteiger partial charge in [-0.25, -0.2) is 5.43 Å². The Morgan fingerprint density at radius 3 is 2.67 bits per heavy atom. The number of hydrazine groups is 1. The molecular formula is C13H15ClN2OS. The first-order chi connectivity index (χ1) is 8.67. The van der Waals surface area contributed by atoms with Crippen molar-refractivity contribution in [2.45, 2.75) is 13.0 Å². The molecule has 0 spiro atoms. The molecule has 1 unspecified atom stereocenters. The van der Waals surface area contributed by atoms with Crippen molar-refractivity contribution in [1.82, 2.24) is 5.43 Å². The molecule has 0 bridgehead atoms. The van der Waals surface area contributed by atoms with Crippen LogP contribution < -0.4 is 16.0 Å². The van der Waals surface area contributed by atoms with Crippen LogP contribution in [0.25, 0.3) is 0 Å². The van der Waals surface area contributed by atoms with Gasteiger partial charge in [-0.05, 0) is 42.1 Å². The summed E-state index contributed by atoms with van der Waals surface area (Å²) in [5, 5.41) is 2.71. The number of halogens is 1. The van der Waals surface area contributed by atoms with E-state index in [-0.39, 0.29) is 6.04 Å². The molecule has 2 rings (SSSR count). The molecule has 0 saturated heterocycles. The highest BCUT2D eigenvalue weighted by atomic mass is 35.5. The lowest BCUT2D eigenvalue weighted by molar-refractivity contribution is 0.404. The Balaban J connectivity index is 2.51. The van der Waals surface area contributed by atoms with Gasteiger partial charge < -0.3 is 4.74 Å². The van der Waals surface area contributed by atoms with Gasteiger partial charge in [0.05, 0.1) is 13.2 Å².